The van der Waals surface area contributed by atoms with Crippen molar-refractivity contribution in [1.29, 1.82) is 0 Å². The fraction of sp³-hybridized carbons (Fsp3) is 0.444. The summed E-state index contributed by atoms with van der Waals surface area (Å²) >= 11 is 1.20. The highest BCUT2D eigenvalue weighted by Crippen LogP contribution is 2.28. The Hall–Kier alpha value is -1.50. The third-order valence-electron chi connectivity index (χ3n) is 1.76. The first-order chi connectivity index (χ1) is 7.54. The molecule has 1 unspecified atom stereocenters. The van der Waals surface area contributed by atoms with Crippen molar-refractivity contribution in [3.05, 3.63) is 16.7 Å². The Morgan fingerprint density at radius 2 is 2.44 bits per heavy atom. The van der Waals surface area contributed by atoms with Gasteiger partial charge in [-0.05, 0) is 0 Å². The molecular formula is C9H12N2O4S. The molecule has 0 aliphatic carbocycles. The van der Waals surface area contributed by atoms with E-state index in [0.717, 1.165) is 0 Å². The molecule has 88 valence electrons. The maximum atomic E-state index is 11.3. The number of hydrogen-bond donors (Lipinski definition) is 2. The van der Waals surface area contributed by atoms with Gasteiger partial charge in [-0.1, -0.05) is 18.7 Å². The molecule has 0 aromatic carbocycles. The summed E-state index contributed by atoms with van der Waals surface area (Å²) in [6.07, 6.45) is 1.27. The summed E-state index contributed by atoms with van der Waals surface area (Å²) in [4.78, 5) is 28.1. The van der Waals surface area contributed by atoms with Crippen LogP contribution in [0.25, 0.3) is 0 Å². The van der Waals surface area contributed by atoms with Gasteiger partial charge in [0.25, 0.3) is 5.56 Å². The van der Waals surface area contributed by atoms with Gasteiger partial charge < -0.3 is 14.8 Å². The summed E-state index contributed by atoms with van der Waals surface area (Å²) < 4.78 is 4.91. The van der Waals surface area contributed by atoms with Crippen LogP contribution in [0.3, 0.4) is 0 Å². The minimum atomic E-state index is -0.885. The van der Waals surface area contributed by atoms with Crippen LogP contribution >= 0.6 is 11.8 Å². The predicted octanol–water partition coefficient (Wildman–Crippen LogP) is 0.734. The minimum Gasteiger partial charge on any atom is -0.489 e. The van der Waals surface area contributed by atoms with E-state index in [1.807, 2.05) is 0 Å². The van der Waals surface area contributed by atoms with E-state index in [0.29, 0.717) is 5.03 Å². The second kappa shape index (κ2) is 5.55. The van der Waals surface area contributed by atoms with E-state index in [-0.39, 0.29) is 23.0 Å². The Morgan fingerprint density at radius 3 is 3.00 bits per heavy atom. The van der Waals surface area contributed by atoms with E-state index in [1.54, 1.807) is 6.92 Å². The quantitative estimate of drug-likeness (QED) is 0.586. The molecule has 1 heterocycles. The third kappa shape index (κ3) is 3.27. The summed E-state index contributed by atoms with van der Waals surface area (Å²) in [5, 5.41) is 8.83. The molecule has 0 spiro atoms. The molecule has 1 aromatic rings. The molecule has 1 rings (SSSR count). The number of H-pyrrole nitrogens is 1. The van der Waals surface area contributed by atoms with Crippen LogP contribution < -0.4 is 10.3 Å². The summed E-state index contributed by atoms with van der Waals surface area (Å²) in [5.74, 6) is -0.770. The number of carbonyl (C=O) groups is 1. The largest absolute Gasteiger partial charge is 0.489 e. The minimum absolute atomic E-state index is 0.00228. The monoisotopic (exact) mass is 244 g/mol. The fourth-order valence-corrected chi connectivity index (χ4v) is 2.12. The number of rotatable bonds is 5. The Labute approximate surface area is 96.0 Å². The number of aromatic nitrogens is 2. The molecule has 2 N–H and O–H groups in total. The van der Waals surface area contributed by atoms with Crippen LogP contribution in [0.5, 0.6) is 5.75 Å². The third-order valence-corrected chi connectivity index (χ3v) is 2.84. The lowest BCUT2D eigenvalue weighted by atomic mass is 10.3. The van der Waals surface area contributed by atoms with Crippen LogP contribution in [0.4, 0.5) is 0 Å². The first kappa shape index (κ1) is 12.6. The average Bonchev–Trinajstić information content (AvgIpc) is 2.16. The van der Waals surface area contributed by atoms with Gasteiger partial charge in [-0.2, -0.15) is 0 Å². The highest BCUT2D eigenvalue weighted by molar-refractivity contribution is 7.99. The van der Waals surface area contributed by atoms with Crippen molar-refractivity contribution in [1.82, 2.24) is 9.97 Å². The molecule has 6 nitrogen and oxygen atoms in total. The van der Waals surface area contributed by atoms with E-state index in [2.05, 4.69) is 9.97 Å². The second-order valence-corrected chi connectivity index (χ2v) is 4.52. The van der Waals surface area contributed by atoms with Gasteiger partial charge in [0.1, 0.15) is 5.03 Å². The van der Waals surface area contributed by atoms with Gasteiger partial charge in [-0.15, -0.1) is 0 Å². The van der Waals surface area contributed by atoms with Crippen molar-refractivity contribution < 1.29 is 14.6 Å². The zero-order chi connectivity index (χ0) is 12.1. The van der Waals surface area contributed by atoms with Gasteiger partial charge in [0.15, 0.2) is 0 Å². The lowest BCUT2D eigenvalue weighted by Gasteiger charge is -2.09. The normalized spacial score (nSPS) is 12.1. The number of ether oxygens (including phenoxy) is 1. The second-order valence-electron chi connectivity index (χ2n) is 3.10. The van der Waals surface area contributed by atoms with Crippen LogP contribution in [-0.4, -0.2) is 33.4 Å². The van der Waals surface area contributed by atoms with E-state index >= 15 is 0 Å². The number of nitrogens with zero attached hydrogens (tertiary/aromatic N) is 1. The van der Waals surface area contributed by atoms with Gasteiger partial charge in [-0.3, -0.25) is 9.59 Å². The smallest absolute Gasteiger partial charge is 0.304 e. The molecule has 0 aliphatic heterocycles. The maximum Gasteiger partial charge on any atom is 0.304 e. The highest BCUT2D eigenvalue weighted by Gasteiger charge is 2.15. The van der Waals surface area contributed by atoms with Gasteiger partial charge in [0.2, 0.25) is 5.75 Å². The topological polar surface area (TPSA) is 92.3 Å². The van der Waals surface area contributed by atoms with Crippen molar-refractivity contribution in [2.24, 2.45) is 0 Å². The van der Waals surface area contributed by atoms with Gasteiger partial charge in [0.05, 0.1) is 19.9 Å². The van der Waals surface area contributed by atoms with E-state index < -0.39 is 5.97 Å². The van der Waals surface area contributed by atoms with Crippen molar-refractivity contribution in [2.75, 3.05) is 7.11 Å². The summed E-state index contributed by atoms with van der Waals surface area (Å²) in [6.45, 7) is 1.75. The molecule has 0 bridgehead atoms. The SMILES string of the molecule is COc1c(SC(C)CC(=O)O)nc[nH]c1=O. The van der Waals surface area contributed by atoms with Crippen molar-refractivity contribution in [3.8, 4) is 5.75 Å². The van der Waals surface area contributed by atoms with Crippen LogP contribution in [-0.2, 0) is 4.79 Å². The molecule has 0 fully saturated rings. The number of hydrogen-bond acceptors (Lipinski definition) is 5. The van der Waals surface area contributed by atoms with E-state index in [9.17, 15) is 9.59 Å². The number of carboxylic acid groups (broad SMARTS) is 1. The number of aromatic amines is 1. The van der Waals surface area contributed by atoms with Gasteiger partial charge in [-0.25, -0.2) is 4.98 Å². The number of aliphatic carboxylic acids is 1. The summed E-state index contributed by atoms with van der Waals surface area (Å²) in [7, 11) is 1.37. The van der Waals surface area contributed by atoms with Gasteiger partial charge >= 0.3 is 5.97 Å². The lowest BCUT2D eigenvalue weighted by Crippen LogP contribution is -2.12. The van der Waals surface area contributed by atoms with Crippen LogP contribution in [0.15, 0.2) is 16.1 Å². The zero-order valence-corrected chi connectivity index (χ0v) is 9.71. The standard InChI is InChI=1S/C9H12N2O4S/c1-5(3-6(12)13)16-9-7(15-2)8(14)10-4-11-9/h4-5H,3H2,1-2H3,(H,12,13)(H,10,11,14). The maximum absolute atomic E-state index is 11.3. The number of nitrogens with one attached hydrogen (secondary N) is 1. The van der Waals surface area contributed by atoms with Crippen LogP contribution in [0, 0.1) is 0 Å². The molecule has 1 atom stereocenters. The average molecular weight is 244 g/mol. The number of thioether (sulfide) groups is 1. The van der Waals surface area contributed by atoms with Crippen molar-refractivity contribution in [3.63, 3.8) is 0 Å². The highest BCUT2D eigenvalue weighted by atomic mass is 32.2. The molecule has 0 radical (unpaired) electrons. The van der Waals surface area contributed by atoms with Crippen molar-refractivity contribution >= 4 is 17.7 Å². The lowest BCUT2D eigenvalue weighted by molar-refractivity contribution is -0.136. The first-order valence-electron chi connectivity index (χ1n) is 4.54. The molecule has 0 saturated carbocycles. The predicted molar refractivity (Wildman–Crippen MR) is 59.0 cm³/mol. The van der Waals surface area contributed by atoms with Crippen molar-refractivity contribution in [2.45, 2.75) is 23.6 Å². The number of carboxylic acids is 1. The van der Waals surface area contributed by atoms with E-state index in [1.165, 1.54) is 25.2 Å². The Balaban J connectivity index is 2.84. The van der Waals surface area contributed by atoms with E-state index in [4.69, 9.17) is 9.84 Å². The molecule has 0 saturated heterocycles. The van der Waals surface area contributed by atoms with Crippen LogP contribution in [0.2, 0.25) is 0 Å². The molecule has 7 heteroatoms. The Bertz CT molecular complexity index is 432. The van der Waals surface area contributed by atoms with Crippen LogP contribution in [0.1, 0.15) is 13.3 Å². The molecular weight excluding hydrogens is 232 g/mol. The molecule has 0 amide bonds. The fourth-order valence-electron chi connectivity index (χ4n) is 1.11. The molecule has 16 heavy (non-hydrogen) atoms. The number of methoxy groups -OCH3 is 1. The molecule has 1 aromatic heterocycles. The Kier molecular flexibility index (Phi) is 4.36. The zero-order valence-electron chi connectivity index (χ0n) is 8.89. The molecule has 0 aliphatic rings. The Morgan fingerprint density at radius 1 is 1.75 bits per heavy atom. The first-order valence-corrected chi connectivity index (χ1v) is 5.42. The summed E-state index contributed by atoms with van der Waals surface area (Å²) in [6, 6.07) is 0. The summed E-state index contributed by atoms with van der Waals surface area (Å²) in [5.41, 5.74) is -0.373. The van der Waals surface area contributed by atoms with Gasteiger partial charge in [0, 0.05) is 5.25 Å².